The molecule has 0 fully saturated rings. The Labute approximate surface area is 124 Å². The van der Waals surface area contributed by atoms with Crippen LogP contribution in [-0.4, -0.2) is 23.0 Å². The molecule has 0 spiro atoms. The third-order valence-electron chi connectivity index (χ3n) is 3.03. The topological polar surface area (TPSA) is 103 Å². The third-order valence-corrected chi connectivity index (χ3v) is 4.40. The van der Waals surface area contributed by atoms with Gasteiger partial charge < -0.3 is 10.3 Å². The summed E-state index contributed by atoms with van der Waals surface area (Å²) in [5.74, 6) is 0. The van der Waals surface area contributed by atoms with E-state index in [1.165, 1.54) is 6.33 Å². The molecule has 0 saturated carbocycles. The average Bonchev–Trinajstić information content (AvgIpc) is 2.91. The molecule has 0 atom stereocenters. The number of rotatable bonds is 7. The minimum atomic E-state index is -3.58. The molecule has 8 heteroatoms. The van der Waals surface area contributed by atoms with Crippen LogP contribution in [0.25, 0.3) is 0 Å². The van der Waals surface area contributed by atoms with Gasteiger partial charge in [0.2, 0.25) is 10.0 Å². The number of hydrogen-bond donors (Lipinski definition) is 2. The number of aryl methyl sites for hydroxylation is 1. The van der Waals surface area contributed by atoms with Gasteiger partial charge in [0.15, 0.2) is 0 Å². The van der Waals surface area contributed by atoms with Gasteiger partial charge in [-0.1, -0.05) is 6.92 Å². The van der Waals surface area contributed by atoms with Crippen LogP contribution in [0.3, 0.4) is 0 Å². The summed E-state index contributed by atoms with van der Waals surface area (Å²) in [4.78, 5) is 8.00. The van der Waals surface area contributed by atoms with E-state index in [-0.39, 0.29) is 11.4 Å². The second-order valence-corrected chi connectivity index (χ2v) is 6.36. The van der Waals surface area contributed by atoms with E-state index in [2.05, 4.69) is 14.7 Å². The summed E-state index contributed by atoms with van der Waals surface area (Å²) in [6.07, 6.45) is 5.48. The van der Waals surface area contributed by atoms with E-state index in [1.54, 1.807) is 24.5 Å². The van der Waals surface area contributed by atoms with Gasteiger partial charge in [0.1, 0.15) is 6.33 Å². The monoisotopic (exact) mass is 309 g/mol. The number of aromatic nitrogens is 3. The maximum Gasteiger partial charge on any atom is 0.242 e. The Kier molecular flexibility index (Phi) is 5.05. The highest BCUT2D eigenvalue weighted by Gasteiger charge is 2.17. The highest BCUT2D eigenvalue weighted by atomic mass is 32.2. The van der Waals surface area contributed by atoms with Crippen LogP contribution in [0.4, 0.5) is 0 Å². The van der Waals surface area contributed by atoms with Gasteiger partial charge in [-0.2, -0.15) is 0 Å². The van der Waals surface area contributed by atoms with Crippen LogP contribution >= 0.6 is 0 Å². The molecule has 2 aromatic heterocycles. The Morgan fingerprint density at radius 2 is 2.24 bits per heavy atom. The van der Waals surface area contributed by atoms with Gasteiger partial charge in [-0.3, -0.25) is 0 Å². The van der Waals surface area contributed by atoms with Crippen LogP contribution in [0, 0.1) is 0 Å². The summed E-state index contributed by atoms with van der Waals surface area (Å²) in [5.41, 5.74) is 7.07. The fraction of sp³-hybridized carbons (Fsp3) is 0.385. The molecule has 0 bridgehead atoms. The summed E-state index contributed by atoms with van der Waals surface area (Å²) in [6.45, 7) is 3.21. The van der Waals surface area contributed by atoms with Gasteiger partial charge in [-0.25, -0.2) is 23.1 Å². The predicted octanol–water partition coefficient (Wildman–Crippen LogP) is 0.625. The molecule has 21 heavy (non-hydrogen) atoms. The Hall–Kier alpha value is -1.77. The zero-order chi connectivity index (χ0) is 15.3. The molecule has 3 N–H and O–H groups in total. The first-order valence-corrected chi connectivity index (χ1v) is 8.19. The number of nitrogens with two attached hydrogens (primary N) is 1. The standard InChI is InChI=1S/C13H19N5O2S/c1-2-5-18-9-13(6-12(18)7-14)21(19,20)17-8-11-3-4-15-10-16-11/h3-4,6,9-10,17H,2,5,7-8,14H2,1H3. The van der Waals surface area contributed by atoms with E-state index in [0.29, 0.717) is 12.2 Å². The zero-order valence-corrected chi connectivity index (χ0v) is 12.7. The lowest BCUT2D eigenvalue weighted by Gasteiger charge is -2.05. The third kappa shape index (κ3) is 3.87. The van der Waals surface area contributed by atoms with Crippen molar-refractivity contribution in [3.63, 3.8) is 0 Å². The minimum Gasteiger partial charge on any atom is -0.349 e. The highest BCUT2D eigenvalue weighted by molar-refractivity contribution is 7.89. The second kappa shape index (κ2) is 6.79. The Morgan fingerprint density at radius 1 is 1.43 bits per heavy atom. The van der Waals surface area contributed by atoms with Crippen molar-refractivity contribution in [2.75, 3.05) is 0 Å². The summed E-state index contributed by atoms with van der Waals surface area (Å²) in [5, 5.41) is 0. The molecule has 2 rings (SSSR count). The first-order valence-electron chi connectivity index (χ1n) is 6.70. The lowest BCUT2D eigenvalue weighted by atomic mass is 10.4. The molecule has 0 amide bonds. The van der Waals surface area contributed by atoms with E-state index >= 15 is 0 Å². The van der Waals surface area contributed by atoms with E-state index < -0.39 is 10.0 Å². The summed E-state index contributed by atoms with van der Waals surface area (Å²) in [7, 11) is -3.58. The molecule has 0 radical (unpaired) electrons. The second-order valence-electron chi connectivity index (χ2n) is 4.59. The summed E-state index contributed by atoms with van der Waals surface area (Å²) >= 11 is 0. The van der Waals surface area contributed by atoms with Crippen molar-refractivity contribution in [1.82, 2.24) is 19.3 Å². The van der Waals surface area contributed by atoms with E-state index in [1.807, 2.05) is 11.5 Å². The van der Waals surface area contributed by atoms with Crippen molar-refractivity contribution < 1.29 is 8.42 Å². The lowest BCUT2D eigenvalue weighted by Crippen LogP contribution is -2.23. The van der Waals surface area contributed by atoms with Gasteiger partial charge in [0, 0.05) is 31.2 Å². The summed E-state index contributed by atoms with van der Waals surface area (Å²) in [6, 6.07) is 3.27. The largest absolute Gasteiger partial charge is 0.349 e. The van der Waals surface area contributed by atoms with Gasteiger partial charge in [-0.05, 0) is 18.6 Å². The smallest absolute Gasteiger partial charge is 0.242 e. The van der Waals surface area contributed by atoms with Crippen molar-refractivity contribution >= 4 is 10.0 Å². The van der Waals surface area contributed by atoms with Crippen LogP contribution in [0.1, 0.15) is 24.7 Å². The van der Waals surface area contributed by atoms with Crippen molar-refractivity contribution in [3.05, 3.63) is 42.2 Å². The maximum absolute atomic E-state index is 12.3. The fourth-order valence-electron chi connectivity index (χ4n) is 1.97. The molecule has 7 nitrogen and oxygen atoms in total. The van der Waals surface area contributed by atoms with E-state index in [9.17, 15) is 8.42 Å². The van der Waals surface area contributed by atoms with Crippen LogP contribution in [0.5, 0.6) is 0 Å². The molecule has 0 aliphatic carbocycles. The van der Waals surface area contributed by atoms with Crippen LogP contribution in [0.2, 0.25) is 0 Å². The molecule has 2 aromatic rings. The van der Waals surface area contributed by atoms with Crippen molar-refractivity contribution in [1.29, 1.82) is 0 Å². The first kappa shape index (κ1) is 15.6. The maximum atomic E-state index is 12.3. The van der Waals surface area contributed by atoms with Crippen LogP contribution in [-0.2, 0) is 29.7 Å². The molecule has 2 heterocycles. The van der Waals surface area contributed by atoms with Gasteiger partial charge in [0.05, 0.1) is 17.1 Å². The Bertz CT molecular complexity index is 682. The molecule has 114 valence electrons. The van der Waals surface area contributed by atoms with Crippen LogP contribution < -0.4 is 10.5 Å². The predicted molar refractivity (Wildman–Crippen MR) is 78.7 cm³/mol. The van der Waals surface area contributed by atoms with E-state index in [4.69, 9.17) is 5.73 Å². The Morgan fingerprint density at radius 3 is 2.86 bits per heavy atom. The first-order chi connectivity index (χ1) is 10.1. The molecule has 0 aliphatic rings. The molecule has 0 aromatic carbocycles. The van der Waals surface area contributed by atoms with Gasteiger partial charge in [0.25, 0.3) is 0 Å². The SMILES string of the molecule is CCCn1cc(S(=O)(=O)NCc2ccncn2)cc1CN. The molecular weight excluding hydrogens is 290 g/mol. The van der Waals surface area contributed by atoms with Crippen molar-refractivity contribution in [2.24, 2.45) is 5.73 Å². The lowest BCUT2D eigenvalue weighted by molar-refractivity contribution is 0.579. The molecule has 0 aliphatic heterocycles. The average molecular weight is 309 g/mol. The normalized spacial score (nSPS) is 11.7. The number of nitrogens with zero attached hydrogens (tertiary/aromatic N) is 3. The Balaban J connectivity index is 2.15. The van der Waals surface area contributed by atoms with E-state index in [0.717, 1.165) is 18.7 Å². The number of hydrogen-bond acceptors (Lipinski definition) is 5. The molecular formula is C13H19N5O2S. The highest BCUT2D eigenvalue weighted by Crippen LogP contribution is 2.15. The van der Waals surface area contributed by atoms with Crippen molar-refractivity contribution in [2.45, 2.75) is 37.9 Å². The fourth-order valence-corrected chi connectivity index (χ4v) is 3.03. The summed E-state index contributed by atoms with van der Waals surface area (Å²) < 4.78 is 29.0. The molecule has 0 saturated heterocycles. The zero-order valence-electron chi connectivity index (χ0n) is 11.9. The van der Waals surface area contributed by atoms with Gasteiger partial charge >= 0.3 is 0 Å². The van der Waals surface area contributed by atoms with Gasteiger partial charge in [-0.15, -0.1) is 0 Å². The minimum absolute atomic E-state index is 0.127. The van der Waals surface area contributed by atoms with Crippen LogP contribution in [0.15, 0.2) is 35.7 Å². The van der Waals surface area contributed by atoms with Crippen molar-refractivity contribution in [3.8, 4) is 0 Å². The molecule has 0 unspecified atom stereocenters. The quantitative estimate of drug-likeness (QED) is 0.780. The number of sulfonamides is 1. The number of nitrogens with one attached hydrogen (secondary N) is 1.